The third-order valence-corrected chi connectivity index (χ3v) is 4.73. The number of cyclic esters (lactones) is 1. The van der Waals surface area contributed by atoms with Gasteiger partial charge in [0.1, 0.15) is 29.3 Å². The lowest BCUT2D eigenvalue weighted by atomic mass is 9.99. The molecule has 0 saturated heterocycles. The molecule has 0 aromatic heterocycles. The summed E-state index contributed by atoms with van der Waals surface area (Å²) in [5, 5.41) is 30.5. The summed E-state index contributed by atoms with van der Waals surface area (Å²) < 4.78 is 11.0. The molecule has 4 atom stereocenters. The van der Waals surface area contributed by atoms with E-state index in [1.165, 1.54) is 30.4 Å². The molecule has 2 rings (SSSR count). The third-order valence-electron chi connectivity index (χ3n) is 4.73. The molecule has 0 aliphatic carbocycles. The smallest absolute Gasteiger partial charge is 0.342 e. The van der Waals surface area contributed by atoms with E-state index in [4.69, 9.17) is 9.47 Å². The standard InChI is InChI=1S/C22H28O7/c1-4-10-28-16-11-15-6-5-7-17(23)21(26)18(24)9-8-13(2)14(3)29-22(27)20(15)19(25)12-16/h5-6,8-9,11-14,17,21,23,25-26H,4,7,10H2,1-3H3/b6-5+,9-8-/t13-,14+,17+,21+/m1/s1. The van der Waals surface area contributed by atoms with Crippen molar-refractivity contribution >= 4 is 17.8 Å². The van der Waals surface area contributed by atoms with Crippen molar-refractivity contribution in [2.24, 2.45) is 5.92 Å². The summed E-state index contributed by atoms with van der Waals surface area (Å²) in [5.41, 5.74) is 0.331. The number of aromatic hydroxyl groups is 1. The largest absolute Gasteiger partial charge is 0.507 e. The minimum absolute atomic E-state index is 0.0173. The van der Waals surface area contributed by atoms with Crippen LogP contribution in [0.4, 0.5) is 0 Å². The maximum atomic E-state index is 12.7. The molecule has 29 heavy (non-hydrogen) atoms. The summed E-state index contributed by atoms with van der Waals surface area (Å²) in [6.07, 6.45) is 3.02. The molecule has 0 amide bonds. The van der Waals surface area contributed by atoms with Crippen molar-refractivity contribution in [2.75, 3.05) is 6.61 Å². The number of ketones is 1. The van der Waals surface area contributed by atoms with E-state index in [0.717, 1.165) is 6.42 Å². The second-order valence-electron chi connectivity index (χ2n) is 7.14. The number of rotatable bonds is 3. The van der Waals surface area contributed by atoms with Crippen molar-refractivity contribution in [2.45, 2.75) is 51.9 Å². The zero-order valence-electron chi connectivity index (χ0n) is 16.9. The molecule has 3 N–H and O–H groups in total. The molecular formula is C22H28O7. The van der Waals surface area contributed by atoms with E-state index in [2.05, 4.69) is 0 Å². The van der Waals surface area contributed by atoms with Gasteiger partial charge in [0.15, 0.2) is 5.78 Å². The summed E-state index contributed by atoms with van der Waals surface area (Å²) in [4.78, 5) is 24.7. The van der Waals surface area contributed by atoms with Gasteiger partial charge in [-0.1, -0.05) is 32.1 Å². The van der Waals surface area contributed by atoms with E-state index >= 15 is 0 Å². The van der Waals surface area contributed by atoms with Gasteiger partial charge in [-0.25, -0.2) is 4.79 Å². The molecule has 7 heteroatoms. The van der Waals surface area contributed by atoms with E-state index < -0.39 is 30.1 Å². The van der Waals surface area contributed by atoms with Crippen LogP contribution in [0.1, 0.15) is 49.5 Å². The molecule has 1 heterocycles. The number of hydrogen-bond acceptors (Lipinski definition) is 7. The van der Waals surface area contributed by atoms with Gasteiger partial charge in [-0.2, -0.15) is 0 Å². The molecule has 1 aromatic carbocycles. The number of hydrogen-bond donors (Lipinski definition) is 3. The summed E-state index contributed by atoms with van der Waals surface area (Å²) in [6, 6.07) is 2.95. The Labute approximate surface area is 170 Å². The Morgan fingerprint density at radius 1 is 1.17 bits per heavy atom. The maximum Gasteiger partial charge on any atom is 0.342 e. The molecule has 0 radical (unpaired) electrons. The predicted octanol–water partition coefficient (Wildman–Crippen LogP) is 2.63. The van der Waals surface area contributed by atoms with E-state index in [9.17, 15) is 24.9 Å². The number of phenols is 1. The highest BCUT2D eigenvalue weighted by atomic mass is 16.5. The molecule has 158 valence electrons. The van der Waals surface area contributed by atoms with Crippen LogP contribution >= 0.6 is 0 Å². The van der Waals surface area contributed by atoms with Crippen molar-refractivity contribution in [3.05, 3.63) is 41.5 Å². The van der Waals surface area contributed by atoms with Crippen LogP contribution in [0, 0.1) is 5.92 Å². The van der Waals surface area contributed by atoms with Crippen molar-refractivity contribution in [1.82, 2.24) is 0 Å². The summed E-state index contributed by atoms with van der Waals surface area (Å²) in [5.74, 6) is -1.55. The van der Waals surface area contributed by atoms with E-state index in [1.807, 2.05) is 6.92 Å². The first-order valence-electron chi connectivity index (χ1n) is 9.70. The molecule has 1 aromatic rings. The number of ether oxygens (including phenoxy) is 2. The lowest BCUT2D eigenvalue weighted by molar-refractivity contribution is -0.127. The highest BCUT2D eigenvalue weighted by Crippen LogP contribution is 2.31. The molecule has 1 aliphatic rings. The average Bonchev–Trinajstić information content (AvgIpc) is 2.68. The SMILES string of the molecule is CCCOc1cc(O)c2c(c1)/C=C/C[C@H](O)[C@H](O)C(=O)/C=C\[C@@H](C)[C@H](C)OC2=O. The monoisotopic (exact) mass is 404 g/mol. The van der Waals surface area contributed by atoms with Gasteiger partial charge in [0.05, 0.1) is 12.7 Å². The average molecular weight is 404 g/mol. The van der Waals surface area contributed by atoms with Crippen molar-refractivity contribution in [3.63, 3.8) is 0 Å². The first kappa shape index (κ1) is 22.6. The van der Waals surface area contributed by atoms with Crippen LogP contribution in [0.5, 0.6) is 11.5 Å². The Bertz CT molecular complexity index is 797. The van der Waals surface area contributed by atoms with Crippen LogP contribution in [0.3, 0.4) is 0 Å². The second-order valence-corrected chi connectivity index (χ2v) is 7.14. The van der Waals surface area contributed by atoms with Gasteiger partial charge in [0, 0.05) is 12.0 Å². The quantitative estimate of drug-likeness (QED) is 0.664. The molecule has 0 spiro atoms. The zero-order chi connectivity index (χ0) is 21.6. The van der Waals surface area contributed by atoms with Crippen molar-refractivity contribution in [1.29, 1.82) is 0 Å². The third kappa shape index (κ3) is 5.92. The number of carbonyl (C=O) groups is 2. The first-order valence-corrected chi connectivity index (χ1v) is 9.70. The lowest BCUT2D eigenvalue weighted by Crippen LogP contribution is -2.32. The molecule has 0 saturated carbocycles. The van der Waals surface area contributed by atoms with Gasteiger partial charge in [-0.05, 0) is 37.5 Å². The van der Waals surface area contributed by atoms with E-state index in [-0.39, 0.29) is 23.7 Å². The van der Waals surface area contributed by atoms with Crippen molar-refractivity contribution in [3.8, 4) is 11.5 Å². The van der Waals surface area contributed by atoms with Crippen LogP contribution in [0.15, 0.2) is 30.4 Å². The Morgan fingerprint density at radius 3 is 2.59 bits per heavy atom. The van der Waals surface area contributed by atoms with Crippen LogP contribution in [-0.4, -0.2) is 52.0 Å². The minimum Gasteiger partial charge on any atom is -0.507 e. The zero-order valence-corrected chi connectivity index (χ0v) is 16.9. The highest BCUT2D eigenvalue weighted by molar-refractivity contribution is 5.97. The second kappa shape index (κ2) is 10.2. The van der Waals surface area contributed by atoms with Gasteiger partial charge in [0.2, 0.25) is 0 Å². The topological polar surface area (TPSA) is 113 Å². The number of aliphatic hydroxyl groups excluding tert-OH is 2. The number of phenolic OH excluding ortho intramolecular Hbond substituents is 1. The molecular weight excluding hydrogens is 376 g/mol. The van der Waals surface area contributed by atoms with Gasteiger partial charge >= 0.3 is 5.97 Å². The van der Waals surface area contributed by atoms with Crippen LogP contribution < -0.4 is 4.74 Å². The Hall–Kier alpha value is -2.64. The molecule has 0 fully saturated rings. The fourth-order valence-corrected chi connectivity index (χ4v) is 2.77. The number of aliphatic hydroxyl groups is 2. The van der Waals surface area contributed by atoms with Gasteiger partial charge in [0.25, 0.3) is 0 Å². The molecule has 1 aliphatic heterocycles. The lowest BCUT2D eigenvalue weighted by Gasteiger charge is -2.20. The maximum absolute atomic E-state index is 12.7. The number of fused-ring (bicyclic) bond motifs is 1. The summed E-state index contributed by atoms with van der Waals surface area (Å²) >= 11 is 0. The fraction of sp³-hybridized carbons (Fsp3) is 0.455. The molecule has 0 bridgehead atoms. The van der Waals surface area contributed by atoms with Gasteiger partial charge in [-0.3, -0.25) is 4.79 Å². The van der Waals surface area contributed by atoms with Crippen LogP contribution in [0.25, 0.3) is 6.08 Å². The minimum atomic E-state index is -1.56. The Morgan fingerprint density at radius 2 is 1.90 bits per heavy atom. The van der Waals surface area contributed by atoms with E-state index in [1.54, 1.807) is 19.9 Å². The van der Waals surface area contributed by atoms with Crippen LogP contribution in [-0.2, 0) is 9.53 Å². The Kier molecular flexibility index (Phi) is 7.99. The summed E-state index contributed by atoms with van der Waals surface area (Å²) in [7, 11) is 0. The summed E-state index contributed by atoms with van der Waals surface area (Å²) in [6.45, 7) is 5.81. The van der Waals surface area contributed by atoms with E-state index in [0.29, 0.717) is 17.9 Å². The highest BCUT2D eigenvalue weighted by Gasteiger charge is 2.25. The predicted molar refractivity (Wildman–Crippen MR) is 108 cm³/mol. The first-order chi connectivity index (χ1) is 13.7. The Balaban J connectivity index is 2.47. The van der Waals surface area contributed by atoms with Gasteiger partial charge < -0.3 is 24.8 Å². The number of benzene rings is 1. The van der Waals surface area contributed by atoms with Crippen molar-refractivity contribution < 1.29 is 34.4 Å². The molecule has 7 nitrogen and oxygen atoms in total. The number of carbonyl (C=O) groups excluding carboxylic acids is 2. The van der Waals surface area contributed by atoms with Gasteiger partial charge in [-0.15, -0.1) is 0 Å². The molecule has 0 unspecified atom stereocenters. The normalized spacial score (nSPS) is 28.0. The number of esters is 1. The van der Waals surface area contributed by atoms with Crippen LogP contribution in [0.2, 0.25) is 0 Å². The fourth-order valence-electron chi connectivity index (χ4n) is 2.77.